The van der Waals surface area contributed by atoms with Crippen molar-refractivity contribution in [1.29, 1.82) is 0 Å². The molecule has 0 spiro atoms. The Hall–Kier alpha value is -1.64. The molecule has 30 heavy (non-hydrogen) atoms. The van der Waals surface area contributed by atoms with E-state index in [2.05, 4.69) is 34.6 Å². The molecule has 0 bridgehead atoms. The Morgan fingerprint density at radius 1 is 0.933 bits per heavy atom. The molecule has 0 aromatic carbocycles. The summed E-state index contributed by atoms with van der Waals surface area (Å²) in [6.45, 7) is 12.9. The van der Waals surface area contributed by atoms with E-state index in [9.17, 15) is 14.7 Å². The maximum atomic E-state index is 12.1. The molecule has 170 valence electrons. The van der Waals surface area contributed by atoms with Gasteiger partial charge in [-0.1, -0.05) is 84.3 Å². The van der Waals surface area contributed by atoms with Crippen molar-refractivity contribution < 1.29 is 14.7 Å². The van der Waals surface area contributed by atoms with Gasteiger partial charge < -0.3 is 5.11 Å². The molecule has 0 fully saturated rings. The van der Waals surface area contributed by atoms with Gasteiger partial charge in [-0.25, -0.2) is 0 Å². The van der Waals surface area contributed by atoms with Crippen LogP contribution < -0.4 is 0 Å². The Kier molecular flexibility index (Phi) is 12.0. The number of aliphatic hydroxyl groups is 1. The molecule has 2 atom stereocenters. The average Bonchev–Trinajstić information content (AvgIpc) is 2.67. The van der Waals surface area contributed by atoms with E-state index in [1.165, 1.54) is 63.5 Å². The van der Waals surface area contributed by atoms with Gasteiger partial charge in [-0.05, 0) is 56.9 Å². The van der Waals surface area contributed by atoms with Gasteiger partial charge in [0.2, 0.25) is 5.78 Å². The number of carbonyl (C=O) groups is 2. The minimum Gasteiger partial charge on any atom is -0.504 e. The predicted octanol–water partition coefficient (Wildman–Crippen LogP) is 7.67. The highest BCUT2D eigenvalue weighted by Crippen LogP contribution is 2.23. The largest absolute Gasteiger partial charge is 0.504 e. The third-order valence-corrected chi connectivity index (χ3v) is 6.35. The van der Waals surface area contributed by atoms with Crippen molar-refractivity contribution in [3.8, 4) is 0 Å². The van der Waals surface area contributed by atoms with Gasteiger partial charge in [0.1, 0.15) is 0 Å². The lowest BCUT2D eigenvalue weighted by molar-refractivity contribution is -0.117. The third kappa shape index (κ3) is 9.91. The topological polar surface area (TPSA) is 54.4 Å². The van der Waals surface area contributed by atoms with E-state index in [1.807, 2.05) is 6.08 Å². The van der Waals surface area contributed by atoms with Gasteiger partial charge in [0.15, 0.2) is 11.5 Å². The second-order valence-electron chi connectivity index (χ2n) is 9.95. The van der Waals surface area contributed by atoms with E-state index in [4.69, 9.17) is 0 Å². The van der Waals surface area contributed by atoms with Crippen molar-refractivity contribution in [2.45, 2.75) is 106 Å². The number of aliphatic hydroxyl groups excluding tert-OH is 1. The first-order chi connectivity index (χ1) is 14.1. The van der Waals surface area contributed by atoms with Crippen molar-refractivity contribution in [1.82, 2.24) is 0 Å². The van der Waals surface area contributed by atoms with Crippen LogP contribution in [0.2, 0.25) is 0 Å². The first-order valence-electron chi connectivity index (χ1n) is 12.0. The molecule has 1 aliphatic rings. The molecule has 0 aromatic heterocycles. The van der Waals surface area contributed by atoms with Crippen LogP contribution in [0.15, 0.2) is 34.6 Å². The fraction of sp³-hybridized carbons (Fsp3) is 0.704. The van der Waals surface area contributed by atoms with Crippen LogP contribution in [-0.4, -0.2) is 16.7 Å². The zero-order valence-corrected chi connectivity index (χ0v) is 20.2. The van der Waals surface area contributed by atoms with Crippen LogP contribution in [0.5, 0.6) is 0 Å². The predicted molar refractivity (Wildman–Crippen MR) is 127 cm³/mol. The average molecular weight is 417 g/mol. The Bertz CT molecular complexity index is 664. The molecular formula is C27H44O3. The Morgan fingerprint density at radius 3 is 2.03 bits per heavy atom. The number of rotatable bonds is 14. The monoisotopic (exact) mass is 416 g/mol. The minimum atomic E-state index is -0.414. The molecule has 0 saturated carbocycles. The van der Waals surface area contributed by atoms with Crippen LogP contribution in [0.1, 0.15) is 106 Å². The lowest BCUT2D eigenvalue weighted by Gasteiger charge is -2.15. The third-order valence-electron chi connectivity index (χ3n) is 6.35. The van der Waals surface area contributed by atoms with E-state index in [0.29, 0.717) is 12.0 Å². The summed E-state index contributed by atoms with van der Waals surface area (Å²) in [4.78, 5) is 23.9. The molecule has 0 saturated heterocycles. The molecule has 0 heterocycles. The molecule has 3 heteroatoms. The highest BCUT2D eigenvalue weighted by Gasteiger charge is 2.24. The summed E-state index contributed by atoms with van der Waals surface area (Å²) in [6.07, 6.45) is 15.3. The zero-order valence-electron chi connectivity index (χ0n) is 20.2. The van der Waals surface area contributed by atoms with E-state index in [0.717, 1.165) is 30.6 Å². The number of hydrogen-bond donors (Lipinski definition) is 1. The van der Waals surface area contributed by atoms with Gasteiger partial charge in [-0.3, -0.25) is 9.59 Å². The first kappa shape index (κ1) is 26.4. The summed E-state index contributed by atoms with van der Waals surface area (Å²) in [5, 5.41) is 9.77. The second-order valence-corrected chi connectivity index (χ2v) is 9.95. The van der Waals surface area contributed by atoms with E-state index >= 15 is 0 Å². The van der Waals surface area contributed by atoms with Crippen LogP contribution in [0.25, 0.3) is 0 Å². The van der Waals surface area contributed by atoms with Crippen LogP contribution in [0, 0.1) is 17.8 Å². The fourth-order valence-electron chi connectivity index (χ4n) is 4.02. The molecule has 2 unspecified atom stereocenters. The first-order valence-corrected chi connectivity index (χ1v) is 12.0. The number of allylic oxidation sites excluding steroid dienone is 5. The van der Waals surface area contributed by atoms with Gasteiger partial charge in [0.25, 0.3) is 0 Å². The quantitative estimate of drug-likeness (QED) is 0.233. The Labute approximate surface area is 184 Å². The molecular weight excluding hydrogens is 372 g/mol. The standard InChI is InChI=1S/C27H44O3/c1-19(2)10-7-11-20(3)12-8-13-21(4)14-9-15-22(5)16-17-24-18-25(28)23(6)26(29)27(24)30/h16,18-21,29H,7-15,17H2,1-6H3/b22-16+. The smallest absolute Gasteiger partial charge is 0.224 e. The molecule has 1 rings (SSSR count). The minimum absolute atomic E-state index is 0.142. The summed E-state index contributed by atoms with van der Waals surface area (Å²) in [5.74, 6) is 1.35. The number of Topliss-reactive ketones (excluding diaryl/α,β-unsaturated/α-hetero) is 1. The normalized spacial score (nSPS) is 17.6. The number of hydrogen-bond acceptors (Lipinski definition) is 3. The van der Waals surface area contributed by atoms with Gasteiger partial charge in [0.05, 0.1) is 0 Å². The SMILES string of the molecule is CC1=C(O)C(=O)C(C/C=C(\C)CCCC(C)CCCC(C)CCCC(C)C)=CC1=O. The van der Waals surface area contributed by atoms with Crippen LogP contribution in [-0.2, 0) is 9.59 Å². The lowest BCUT2D eigenvalue weighted by atomic mass is 9.91. The van der Waals surface area contributed by atoms with Gasteiger partial charge in [0, 0.05) is 11.1 Å². The van der Waals surface area contributed by atoms with Gasteiger partial charge >= 0.3 is 0 Å². The van der Waals surface area contributed by atoms with Crippen molar-refractivity contribution in [3.63, 3.8) is 0 Å². The maximum absolute atomic E-state index is 12.1. The van der Waals surface area contributed by atoms with E-state index < -0.39 is 11.5 Å². The Balaban J connectivity index is 2.23. The highest BCUT2D eigenvalue weighted by atomic mass is 16.3. The van der Waals surface area contributed by atoms with E-state index in [1.54, 1.807) is 0 Å². The maximum Gasteiger partial charge on any atom is 0.224 e. The lowest BCUT2D eigenvalue weighted by Crippen LogP contribution is -2.17. The van der Waals surface area contributed by atoms with Crippen molar-refractivity contribution in [2.75, 3.05) is 0 Å². The van der Waals surface area contributed by atoms with Crippen LogP contribution in [0.4, 0.5) is 0 Å². The van der Waals surface area contributed by atoms with E-state index in [-0.39, 0.29) is 11.4 Å². The molecule has 1 aliphatic carbocycles. The number of carbonyl (C=O) groups excluding carboxylic acids is 2. The van der Waals surface area contributed by atoms with Crippen LogP contribution >= 0.6 is 0 Å². The van der Waals surface area contributed by atoms with Gasteiger partial charge in [-0.15, -0.1) is 0 Å². The molecule has 3 nitrogen and oxygen atoms in total. The molecule has 0 aromatic rings. The summed E-state index contributed by atoms with van der Waals surface area (Å²) in [6, 6.07) is 0. The second kappa shape index (κ2) is 13.6. The summed E-state index contributed by atoms with van der Waals surface area (Å²) < 4.78 is 0. The molecule has 0 aliphatic heterocycles. The highest BCUT2D eigenvalue weighted by molar-refractivity contribution is 6.21. The van der Waals surface area contributed by atoms with Crippen LogP contribution in [0.3, 0.4) is 0 Å². The summed E-state index contributed by atoms with van der Waals surface area (Å²) >= 11 is 0. The summed E-state index contributed by atoms with van der Waals surface area (Å²) in [7, 11) is 0. The molecule has 0 radical (unpaired) electrons. The van der Waals surface area contributed by atoms with Gasteiger partial charge in [-0.2, -0.15) is 0 Å². The number of ketones is 2. The fourth-order valence-corrected chi connectivity index (χ4v) is 4.02. The zero-order chi connectivity index (χ0) is 22.7. The molecule has 1 N–H and O–H groups in total. The Morgan fingerprint density at radius 2 is 1.47 bits per heavy atom. The molecule has 0 amide bonds. The van der Waals surface area contributed by atoms with Crippen molar-refractivity contribution in [2.24, 2.45) is 17.8 Å². The van der Waals surface area contributed by atoms with Crippen molar-refractivity contribution in [3.05, 3.63) is 34.6 Å². The van der Waals surface area contributed by atoms with Crippen molar-refractivity contribution >= 4 is 11.6 Å². The summed E-state index contributed by atoms with van der Waals surface area (Å²) in [5.41, 5.74) is 1.77.